The maximum absolute atomic E-state index is 6.14. The molecule has 4 heteroatoms. The SMILES string of the molecule is CC(C)(C)NCc1cnc(-c2ccccc2Cl)[nH]1. The summed E-state index contributed by atoms with van der Waals surface area (Å²) in [6, 6.07) is 7.70. The predicted molar refractivity (Wildman–Crippen MR) is 75.6 cm³/mol. The van der Waals surface area contributed by atoms with Gasteiger partial charge in [-0.15, -0.1) is 0 Å². The predicted octanol–water partition coefficient (Wildman–Crippen LogP) is 3.62. The van der Waals surface area contributed by atoms with Crippen molar-refractivity contribution < 1.29 is 0 Å². The van der Waals surface area contributed by atoms with E-state index in [2.05, 4.69) is 36.1 Å². The first-order chi connectivity index (χ1) is 8.46. The monoisotopic (exact) mass is 263 g/mol. The molecular formula is C14H18ClN3. The summed E-state index contributed by atoms with van der Waals surface area (Å²) in [6.45, 7) is 7.18. The number of halogens is 1. The van der Waals surface area contributed by atoms with Gasteiger partial charge < -0.3 is 10.3 Å². The lowest BCUT2D eigenvalue weighted by atomic mass is 10.1. The van der Waals surface area contributed by atoms with E-state index >= 15 is 0 Å². The third-order valence-electron chi connectivity index (χ3n) is 2.57. The van der Waals surface area contributed by atoms with Gasteiger partial charge in [0, 0.05) is 29.5 Å². The Morgan fingerprint density at radius 2 is 2.00 bits per heavy atom. The molecule has 0 amide bonds. The Morgan fingerprint density at radius 3 is 2.67 bits per heavy atom. The highest BCUT2D eigenvalue weighted by Gasteiger charge is 2.11. The highest BCUT2D eigenvalue weighted by atomic mass is 35.5. The smallest absolute Gasteiger partial charge is 0.139 e. The number of hydrogen-bond acceptors (Lipinski definition) is 2. The fraction of sp³-hybridized carbons (Fsp3) is 0.357. The number of aromatic amines is 1. The van der Waals surface area contributed by atoms with Crippen molar-refractivity contribution in [2.75, 3.05) is 0 Å². The highest BCUT2D eigenvalue weighted by Crippen LogP contribution is 2.24. The average molecular weight is 264 g/mol. The van der Waals surface area contributed by atoms with Crippen LogP contribution in [0.3, 0.4) is 0 Å². The number of H-pyrrole nitrogens is 1. The number of nitrogens with one attached hydrogen (secondary N) is 2. The summed E-state index contributed by atoms with van der Waals surface area (Å²) in [5, 5.41) is 4.12. The second-order valence-corrected chi connectivity index (χ2v) is 5.75. The summed E-state index contributed by atoms with van der Waals surface area (Å²) in [6.07, 6.45) is 1.84. The van der Waals surface area contributed by atoms with E-state index in [9.17, 15) is 0 Å². The molecule has 0 saturated heterocycles. The third-order valence-corrected chi connectivity index (χ3v) is 2.90. The summed E-state index contributed by atoms with van der Waals surface area (Å²) >= 11 is 6.14. The molecule has 2 rings (SSSR count). The molecule has 0 spiro atoms. The Morgan fingerprint density at radius 1 is 1.28 bits per heavy atom. The summed E-state index contributed by atoms with van der Waals surface area (Å²) in [5.41, 5.74) is 2.08. The number of imidazole rings is 1. The minimum atomic E-state index is 0.0929. The lowest BCUT2D eigenvalue weighted by Crippen LogP contribution is -2.35. The van der Waals surface area contributed by atoms with Crippen molar-refractivity contribution in [1.82, 2.24) is 15.3 Å². The fourth-order valence-corrected chi connectivity index (χ4v) is 1.82. The van der Waals surface area contributed by atoms with E-state index in [0.717, 1.165) is 23.6 Å². The van der Waals surface area contributed by atoms with Crippen LogP contribution in [-0.2, 0) is 6.54 Å². The van der Waals surface area contributed by atoms with Crippen LogP contribution in [0.5, 0.6) is 0 Å². The molecule has 0 aliphatic rings. The molecule has 0 aliphatic heterocycles. The highest BCUT2D eigenvalue weighted by molar-refractivity contribution is 6.33. The Kier molecular flexibility index (Phi) is 3.73. The maximum atomic E-state index is 6.14. The number of benzene rings is 1. The maximum Gasteiger partial charge on any atom is 0.139 e. The first-order valence-corrected chi connectivity index (χ1v) is 6.37. The zero-order valence-corrected chi connectivity index (χ0v) is 11.7. The molecule has 18 heavy (non-hydrogen) atoms. The molecule has 0 radical (unpaired) electrons. The van der Waals surface area contributed by atoms with E-state index in [1.54, 1.807) is 0 Å². The number of hydrogen-bond donors (Lipinski definition) is 2. The van der Waals surface area contributed by atoms with Crippen LogP contribution >= 0.6 is 11.6 Å². The largest absolute Gasteiger partial charge is 0.341 e. The van der Waals surface area contributed by atoms with Crippen molar-refractivity contribution in [3.05, 3.63) is 41.2 Å². The number of aromatic nitrogens is 2. The zero-order valence-electron chi connectivity index (χ0n) is 10.9. The molecule has 0 atom stereocenters. The van der Waals surface area contributed by atoms with Crippen molar-refractivity contribution >= 4 is 11.6 Å². The molecule has 96 valence electrons. The van der Waals surface area contributed by atoms with Gasteiger partial charge in [-0.05, 0) is 32.9 Å². The van der Waals surface area contributed by atoms with Crippen LogP contribution in [0.1, 0.15) is 26.5 Å². The van der Waals surface area contributed by atoms with Crippen LogP contribution < -0.4 is 5.32 Å². The van der Waals surface area contributed by atoms with Crippen LogP contribution in [0, 0.1) is 0 Å². The van der Waals surface area contributed by atoms with E-state index in [1.165, 1.54) is 0 Å². The van der Waals surface area contributed by atoms with Crippen LogP contribution in [0.2, 0.25) is 5.02 Å². The molecule has 0 aliphatic carbocycles. The molecule has 1 aromatic carbocycles. The summed E-state index contributed by atoms with van der Waals surface area (Å²) in [7, 11) is 0. The van der Waals surface area contributed by atoms with Crippen LogP contribution in [0.4, 0.5) is 0 Å². The van der Waals surface area contributed by atoms with Gasteiger partial charge in [-0.25, -0.2) is 4.98 Å². The van der Waals surface area contributed by atoms with Gasteiger partial charge >= 0.3 is 0 Å². The summed E-state index contributed by atoms with van der Waals surface area (Å²) in [5.74, 6) is 0.811. The normalized spacial score (nSPS) is 11.8. The number of rotatable bonds is 3. The fourth-order valence-electron chi connectivity index (χ4n) is 1.60. The quantitative estimate of drug-likeness (QED) is 0.888. The van der Waals surface area contributed by atoms with Gasteiger partial charge in [-0.3, -0.25) is 0 Å². The van der Waals surface area contributed by atoms with Gasteiger partial charge in [0.1, 0.15) is 5.82 Å². The van der Waals surface area contributed by atoms with Gasteiger partial charge in [-0.2, -0.15) is 0 Å². The van der Waals surface area contributed by atoms with Crippen molar-refractivity contribution in [3.8, 4) is 11.4 Å². The van der Waals surface area contributed by atoms with Crippen LogP contribution in [-0.4, -0.2) is 15.5 Å². The van der Waals surface area contributed by atoms with Gasteiger partial charge in [0.15, 0.2) is 0 Å². The molecule has 3 nitrogen and oxygen atoms in total. The van der Waals surface area contributed by atoms with Gasteiger partial charge in [-0.1, -0.05) is 23.7 Å². The van der Waals surface area contributed by atoms with Crippen molar-refractivity contribution in [1.29, 1.82) is 0 Å². The Bertz CT molecular complexity index is 526. The van der Waals surface area contributed by atoms with Crippen LogP contribution in [0.15, 0.2) is 30.5 Å². The van der Waals surface area contributed by atoms with Gasteiger partial charge in [0.2, 0.25) is 0 Å². The van der Waals surface area contributed by atoms with E-state index in [4.69, 9.17) is 11.6 Å². The van der Waals surface area contributed by atoms with Gasteiger partial charge in [0.05, 0.1) is 5.02 Å². The molecular weight excluding hydrogens is 246 g/mol. The Balaban J connectivity index is 2.14. The van der Waals surface area contributed by atoms with Crippen molar-refractivity contribution in [2.24, 2.45) is 0 Å². The average Bonchev–Trinajstić information content (AvgIpc) is 2.75. The lowest BCUT2D eigenvalue weighted by molar-refractivity contribution is 0.422. The van der Waals surface area contributed by atoms with Crippen LogP contribution in [0.25, 0.3) is 11.4 Å². The molecule has 2 N–H and O–H groups in total. The van der Waals surface area contributed by atoms with Crippen molar-refractivity contribution in [3.63, 3.8) is 0 Å². The first-order valence-electron chi connectivity index (χ1n) is 5.99. The molecule has 2 aromatic rings. The molecule has 0 unspecified atom stereocenters. The van der Waals surface area contributed by atoms with Crippen molar-refractivity contribution in [2.45, 2.75) is 32.9 Å². The van der Waals surface area contributed by atoms with E-state index in [1.807, 2.05) is 30.5 Å². The third kappa shape index (κ3) is 3.34. The topological polar surface area (TPSA) is 40.7 Å². The Hall–Kier alpha value is -1.32. The minimum absolute atomic E-state index is 0.0929. The molecule has 0 saturated carbocycles. The van der Waals surface area contributed by atoms with E-state index < -0.39 is 0 Å². The molecule has 0 fully saturated rings. The second-order valence-electron chi connectivity index (χ2n) is 5.34. The molecule has 0 bridgehead atoms. The zero-order chi connectivity index (χ0) is 13.2. The standard InChI is InChI=1S/C14H18ClN3/c1-14(2,3)17-9-10-8-16-13(18-10)11-6-4-5-7-12(11)15/h4-8,17H,9H2,1-3H3,(H,16,18). The minimum Gasteiger partial charge on any atom is -0.341 e. The van der Waals surface area contributed by atoms with Gasteiger partial charge in [0.25, 0.3) is 0 Å². The van der Waals surface area contributed by atoms with E-state index in [-0.39, 0.29) is 5.54 Å². The first kappa shape index (κ1) is 13.1. The van der Waals surface area contributed by atoms with E-state index in [0.29, 0.717) is 5.02 Å². The Labute approximate surface area is 113 Å². The molecule has 1 aromatic heterocycles. The number of nitrogens with zero attached hydrogens (tertiary/aromatic N) is 1. The lowest BCUT2D eigenvalue weighted by Gasteiger charge is -2.19. The molecule has 1 heterocycles. The summed E-state index contributed by atoms with van der Waals surface area (Å²) in [4.78, 5) is 7.65. The second kappa shape index (κ2) is 5.12. The summed E-state index contributed by atoms with van der Waals surface area (Å²) < 4.78 is 0.